The number of halogens is 1. The van der Waals surface area contributed by atoms with E-state index in [0.29, 0.717) is 16.7 Å². The fourth-order valence-corrected chi connectivity index (χ4v) is 3.57. The quantitative estimate of drug-likeness (QED) is 0.617. The number of aryl methyl sites for hydroxylation is 1. The van der Waals surface area contributed by atoms with E-state index in [2.05, 4.69) is 52.0 Å². The lowest BCUT2D eigenvalue weighted by Crippen LogP contribution is -2.33. The molecule has 0 aromatic heterocycles. The highest BCUT2D eigenvalue weighted by molar-refractivity contribution is 6.20. The molecule has 19 heavy (non-hydrogen) atoms. The number of rotatable bonds is 2. The molecule has 3 unspecified atom stereocenters. The number of hydrogen-bond acceptors (Lipinski definition) is 0. The molecule has 0 spiro atoms. The second-order valence-electron chi connectivity index (χ2n) is 7.34. The monoisotopic (exact) mass is 278 g/mol. The van der Waals surface area contributed by atoms with E-state index in [9.17, 15) is 0 Å². The van der Waals surface area contributed by atoms with Gasteiger partial charge in [-0.15, -0.1) is 11.6 Å². The van der Waals surface area contributed by atoms with Crippen molar-refractivity contribution in [2.75, 3.05) is 0 Å². The van der Waals surface area contributed by atoms with Gasteiger partial charge in [0.2, 0.25) is 0 Å². The van der Waals surface area contributed by atoms with Gasteiger partial charge in [0.05, 0.1) is 0 Å². The van der Waals surface area contributed by atoms with Crippen LogP contribution in [0, 0.1) is 24.2 Å². The third-order valence-electron chi connectivity index (χ3n) is 4.73. The molecular formula is C18H27Cl. The van der Waals surface area contributed by atoms with Crippen LogP contribution in [0.1, 0.15) is 51.2 Å². The summed E-state index contributed by atoms with van der Waals surface area (Å²) in [7, 11) is 0. The minimum absolute atomic E-state index is 0.361. The summed E-state index contributed by atoms with van der Waals surface area (Å²) < 4.78 is 0. The molecule has 106 valence electrons. The smallest absolute Gasteiger partial charge is 0.0367 e. The first-order valence-corrected chi connectivity index (χ1v) is 7.99. The van der Waals surface area contributed by atoms with Gasteiger partial charge in [0.15, 0.2) is 0 Å². The number of benzene rings is 1. The number of hydrogen-bond donors (Lipinski definition) is 0. The van der Waals surface area contributed by atoms with Crippen molar-refractivity contribution in [1.82, 2.24) is 0 Å². The van der Waals surface area contributed by atoms with Gasteiger partial charge in [-0.1, -0.05) is 50.6 Å². The molecule has 0 radical (unpaired) electrons. The molecule has 0 saturated heterocycles. The Bertz CT molecular complexity index is 399. The maximum Gasteiger partial charge on any atom is 0.0367 e. The molecule has 1 fully saturated rings. The van der Waals surface area contributed by atoms with Crippen molar-refractivity contribution >= 4 is 11.6 Å². The lowest BCUT2D eigenvalue weighted by atomic mass is 9.68. The zero-order valence-electron chi connectivity index (χ0n) is 12.7. The van der Waals surface area contributed by atoms with Crippen molar-refractivity contribution < 1.29 is 0 Å². The van der Waals surface area contributed by atoms with E-state index in [1.54, 1.807) is 0 Å². The summed E-state index contributed by atoms with van der Waals surface area (Å²) in [6.07, 6.45) is 4.90. The van der Waals surface area contributed by atoms with Crippen LogP contribution in [0.3, 0.4) is 0 Å². The molecule has 2 rings (SSSR count). The Morgan fingerprint density at radius 1 is 1.11 bits per heavy atom. The SMILES string of the molecule is Cc1ccc(CC2CC(C(C)(C)C)CCC2Cl)cc1. The first-order valence-electron chi connectivity index (χ1n) is 7.56. The van der Waals surface area contributed by atoms with Crippen LogP contribution in [0.4, 0.5) is 0 Å². The Balaban J connectivity index is 2.03. The average molecular weight is 279 g/mol. The normalized spacial score (nSPS) is 28.4. The third-order valence-corrected chi connectivity index (χ3v) is 5.31. The van der Waals surface area contributed by atoms with Gasteiger partial charge >= 0.3 is 0 Å². The number of alkyl halides is 1. The first-order chi connectivity index (χ1) is 8.86. The van der Waals surface area contributed by atoms with Crippen molar-refractivity contribution in [1.29, 1.82) is 0 Å². The van der Waals surface area contributed by atoms with Crippen LogP contribution in [-0.4, -0.2) is 5.38 Å². The van der Waals surface area contributed by atoms with Gasteiger partial charge in [-0.05, 0) is 55.4 Å². The lowest BCUT2D eigenvalue weighted by Gasteiger charge is -2.40. The summed E-state index contributed by atoms with van der Waals surface area (Å²) >= 11 is 6.58. The summed E-state index contributed by atoms with van der Waals surface area (Å²) in [5.41, 5.74) is 3.20. The average Bonchev–Trinajstić information content (AvgIpc) is 2.33. The minimum atomic E-state index is 0.361. The van der Waals surface area contributed by atoms with Gasteiger partial charge in [0, 0.05) is 5.38 Å². The van der Waals surface area contributed by atoms with E-state index in [1.165, 1.54) is 30.4 Å². The largest absolute Gasteiger partial charge is 0.123 e. The van der Waals surface area contributed by atoms with E-state index in [-0.39, 0.29) is 0 Å². The Morgan fingerprint density at radius 2 is 1.74 bits per heavy atom. The van der Waals surface area contributed by atoms with Crippen molar-refractivity contribution in [3.8, 4) is 0 Å². The van der Waals surface area contributed by atoms with Gasteiger partial charge < -0.3 is 0 Å². The fourth-order valence-electron chi connectivity index (χ4n) is 3.25. The van der Waals surface area contributed by atoms with E-state index >= 15 is 0 Å². The Labute approximate surface area is 123 Å². The molecule has 1 aliphatic carbocycles. The van der Waals surface area contributed by atoms with Crippen LogP contribution >= 0.6 is 11.6 Å². The van der Waals surface area contributed by atoms with Gasteiger partial charge in [-0.25, -0.2) is 0 Å². The fraction of sp³-hybridized carbons (Fsp3) is 0.667. The second-order valence-corrected chi connectivity index (χ2v) is 7.90. The van der Waals surface area contributed by atoms with Crippen molar-refractivity contribution in [2.24, 2.45) is 17.3 Å². The summed E-state index contributed by atoms with van der Waals surface area (Å²) in [6, 6.07) is 8.95. The molecule has 0 amide bonds. The van der Waals surface area contributed by atoms with E-state index < -0.39 is 0 Å². The lowest BCUT2D eigenvalue weighted by molar-refractivity contribution is 0.144. The summed E-state index contributed by atoms with van der Waals surface area (Å²) in [5.74, 6) is 1.46. The topological polar surface area (TPSA) is 0 Å². The van der Waals surface area contributed by atoms with Gasteiger partial charge in [-0.2, -0.15) is 0 Å². The van der Waals surface area contributed by atoms with E-state index in [0.717, 1.165) is 12.3 Å². The molecule has 1 aliphatic rings. The van der Waals surface area contributed by atoms with Crippen LogP contribution in [-0.2, 0) is 6.42 Å². The van der Waals surface area contributed by atoms with Crippen molar-refractivity contribution in [3.05, 3.63) is 35.4 Å². The Kier molecular flexibility index (Phi) is 4.61. The molecular weight excluding hydrogens is 252 g/mol. The molecule has 1 saturated carbocycles. The van der Waals surface area contributed by atoms with Crippen LogP contribution in [0.15, 0.2) is 24.3 Å². The molecule has 0 N–H and O–H groups in total. The van der Waals surface area contributed by atoms with Crippen molar-refractivity contribution in [2.45, 2.75) is 58.8 Å². The molecule has 3 atom stereocenters. The standard InChI is InChI=1S/C18H27Cl/c1-13-5-7-14(8-6-13)11-15-12-16(18(2,3)4)9-10-17(15)19/h5-8,15-17H,9-12H2,1-4H3. The van der Waals surface area contributed by atoms with Gasteiger partial charge in [0.1, 0.15) is 0 Å². The molecule has 0 aliphatic heterocycles. The van der Waals surface area contributed by atoms with Crippen LogP contribution in [0.5, 0.6) is 0 Å². The van der Waals surface area contributed by atoms with Crippen LogP contribution in [0.2, 0.25) is 0 Å². The van der Waals surface area contributed by atoms with Gasteiger partial charge in [0.25, 0.3) is 0 Å². The molecule has 0 heterocycles. The highest BCUT2D eigenvalue weighted by Gasteiger charge is 2.34. The molecule has 1 aromatic carbocycles. The predicted octanol–water partition coefficient (Wildman–Crippen LogP) is 5.61. The zero-order valence-corrected chi connectivity index (χ0v) is 13.5. The van der Waals surface area contributed by atoms with Crippen LogP contribution in [0.25, 0.3) is 0 Å². The first kappa shape index (κ1) is 14.9. The summed E-state index contributed by atoms with van der Waals surface area (Å²) in [5, 5.41) is 0.361. The van der Waals surface area contributed by atoms with Crippen molar-refractivity contribution in [3.63, 3.8) is 0 Å². The minimum Gasteiger partial charge on any atom is -0.123 e. The van der Waals surface area contributed by atoms with Crippen LogP contribution < -0.4 is 0 Å². The second kappa shape index (κ2) is 5.87. The highest BCUT2D eigenvalue weighted by atomic mass is 35.5. The summed E-state index contributed by atoms with van der Waals surface area (Å²) in [6.45, 7) is 9.25. The molecule has 1 heteroatoms. The Morgan fingerprint density at radius 3 is 2.32 bits per heavy atom. The van der Waals surface area contributed by atoms with E-state index in [1.807, 2.05) is 0 Å². The predicted molar refractivity (Wildman–Crippen MR) is 84.8 cm³/mol. The maximum absolute atomic E-state index is 6.58. The Hall–Kier alpha value is -0.490. The zero-order chi connectivity index (χ0) is 14.0. The highest BCUT2D eigenvalue weighted by Crippen LogP contribution is 2.43. The van der Waals surface area contributed by atoms with Gasteiger partial charge in [-0.3, -0.25) is 0 Å². The summed E-state index contributed by atoms with van der Waals surface area (Å²) in [4.78, 5) is 0. The maximum atomic E-state index is 6.58. The molecule has 0 bridgehead atoms. The molecule has 0 nitrogen and oxygen atoms in total. The third kappa shape index (κ3) is 3.99. The van der Waals surface area contributed by atoms with E-state index in [4.69, 9.17) is 11.6 Å². The molecule has 1 aromatic rings.